The first kappa shape index (κ1) is 16.4. The fraction of sp³-hybridized carbons (Fsp3) is 0.600. The third-order valence-corrected chi connectivity index (χ3v) is 6.02. The van der Waals surface area contributed by atoms with Crippen molar-refractivity contribution >= 4 is 10.0 Å². The van der Waals surface area contributed by atoms with E-state index in [0.717, 1.165) is 12.0 Å². The lowest BCUT2D eigenvalue weighted by Crippen LogP contribution is -2.50. The SMILES string of the molecule is CCC(C)c1ccc(S(=O)(=O)N2CCOCC2CO)cc1. The van der Waals surface area contributed by atoms with Gasteiger partial charge in [-0.15, -0.1) is 0 Å². The minimum atomic E-state index is -3.58. The fourth-order valence-corrected chi connectivity index (χ4v) is 4.02. The zero-order valence-electron chi connectivity index (χ0n) is 12.5. The van der Waals surface area contributed by atoms with Crippen molar-refractivity contribution in [1.29, 1.82) is 0 Å². The van der Waals surface area contributed by atoms with Crippen LogP contribution in [-0.2, 0) is 14.8 Å². The highest BCUT2D eigenvalue weighted by molar-refractivity contribution is 7.89. The second-order valence-electron chi connectivity index (χ2n) is 5.41. The van der Waals surface area contributed by atoms with Crippen LogP contribution in [0.1, 0.15) is 31.7 Å². The molecule has 5 nitrogen and oxygen atoms in total. The number of ether oxygens (including phenoxy) is 1. The van der Waals surface area contributed by atoms with Crippen LogP contribution >= 0.6 is 0 Å². The minimum absolute atomic E-state index is 0.232. The first-order chi connectivity index (χ1) is 10.0. The van der Waals surface area contributed by atoms with Gasteiger partial charge in [-0.25, -0.2) is 8.42 Å². The molecule has 1 aliphatic rings. The van der Waals surface area contributed by atoms with Gasteiger partial charge in [0.1, 0.15) is 0 Å². The third kappa shape index (κ3) is 3.45. The van der Waals surface area contributed by atoms with E-state index in [9.17, 15) is 13.5 Å². The molecule has 0 bridgehead atoms. The molecule has 1 aromatic carbocycles. The summed E-state index contributed by atoms with van der Waals surface area (Å²) < 4.78 is 31.9. The number of benzene rings is 1. The van der Waals surface area contributed by atoms with Crippen LogP contribution in [-0.4, -0.2) is 50.2 Å². The molecular formula is C15H23NO4S. The molecule has 0 aromatic heterocycles. The van der Waals surface area contributed by atoms with E-state index >= 15 is 0 Å². The maximum absolute atomic E-state index is 12.7. The number of nitrogens with zero attached hydrogens (tertiary/aromatic N) is 1. The molecule has 1 aliphatic heterocycles. The molecule has 2 unspecified atom stereocenters. The summed E-state index contributed by atoms with van der Waals surface area (Å²) in [4.78, 5) is 0.273. The molecule has 0 aliphatic carbocycles. The van der Waals surface area contributed by atoms with Gasteiger partial charge in [0.05, 0.1) is 30.8 Å². The summed E-state index contributed by atoms with van der Waals surface area (Å²) >= 11 is 0. The number of hydrogen-bond donors (Lipinski definition) is 1. The molecule has 6 heteroatoms. The summed E-state index contributed by atoms with van der Waals surface area (Å²) in [6.45, 7) is 4.87. The Morgan fingerprint density at radius 3 is 2.62 bits per heavy atom. The van der Waals surface area contributed by atoms with Crippen LogP contribution in [0.4, 0.5) is 0 Å². The van der Waals surface area contributed by atoms with E-state index in [4.69, 9.17) is 4.74 Å². The topological polar surface area (TPSA) is 66.8 Å². The molecule has 1 aromatic rings. The van der Waals surface area contributed by atoms with Crippen molar-refractivity contribution < 1.29 is 18.3 Å². The van der Waals surface area contributed by atoms with Gasteiger partial charge in [-0.05, 0) is 30.0 Å². The second-order valence-corrected chi connectivity index (χ2v) is 7.30. The highest BCUT2D eigenvalue weighted by Gasteiger charge is 2.33. The van der Waals surface area contributed by atoms with Gasteiger partial charge in [0.25, 0.3) is 0 Å². The number of hydrogen-bond acceptors (Lipinski definition) is 4. The van der Waals surface area contributed by atoms with Crippen LogP contribution in [0.25, 0.3) is 0 Å². The summed E-state index contributed by atoms with van der Waals surface area (Å²) in [5.74, 6) is 0.412. The van der Waals surface area contributed by atoms with Crippen molar-refractivity contribution in [3.8, 4) is 0 Å². The van der Waals surface area contributed by atoms with Crippen molar-refractivity contribution in [1.82, 2.24) is 4.31 Å². The Labute approximate surface area is 126 Å². The van der Waals surface area contributed by atoms with Gasteiger partial charge in [0.2, 0.25) is 10.0 Å². The average Bonchev–Trinajstić information content (AvgIpc) is 2.54. The Morgan fingerprint density at radius 1 is 1.38 bits per heavy atom. The van der Waals surface area contributed by atoms with Gasteiger partial charge >= 0.3 is 0 Å². The molecular weight excluding hydrogens is 290 g/mol. The van der Waals surface area contributed by atoms with Crippen molar-refractivity contribution in [3.05, 3.63) is 29.8 Å². The molecule has 118 valence electrons. The van der Waals surface area contributed by atoms with Crippen molar-refractivity contribution in [3.63, 3.8) is 0 Å². The second kappa shape index (κ2) is 6.87. The van der Waals surface area contributed by atoms with Gasteiger partial charge < -0.3 is 9.84 Å². The number of morpholine rings is 1. The molecule has 0 radical (unpaired) electrons. The lowest BCUT2D eigenvalue weighted by Gasteiger charge is -2.33. The largest absolute Gasteiger partial charge is 0.395 e. The monoisotopic (exact) mass is 313 g/mol. The van der Waals surface area contributed by atoms with Crippen LogP contribution < -0.4 is 0 Å². The van der Waals surface area contributed by atoms with E-state index < -0.39 is 16.1 Å². The van der Waals surface area contributed by atoms with Crippen molar-refractivity contribution in [2.45, 2.75) is 37.1 Å². The normalized spacial score (nSPS) is 22.1. The van der Waals surface area contributed by atoms with Crippen LogP contribution in [0.2, 0.25) is 0 Å². The highest BCUT2D eigenvalue weighted by Crippen LogP contribution is 2.24. The number of aliphatic hydroxyl groups excluding tert-OH is 1. The van der Waals surface area contributed by atoms with E-state index in [1.807, 2.05) is 12.1 Å². The lowest BCUT2D eigenvalue weighted by atomic mass is 9.99. The number of rotatable bonds is 5. The van der Waals surface area contributed by atoms with Crippen LogP contribution in [0, 0.1) is 0 Å². The average molecular weight is 313 g/mol. The van der Waals surface area contributed by atoms with Crippen molar-refractivity contribution in [2.75, 3.05) is 26.4 Å². The molecule has 1 fully saturated rings. The van der Waals surface area contributed by atoms with E-state index in [1.165, 1.54) is 4.31 Å². The summed E-state index contributed by atoms with van der Waals surface area (Å²) in [6.07, 6.45) is 1.02. The van der Waals surface area contributed by atoms with Gasteiger partial charge in [0.15, 0.2) is 0 Å². The predicted octanol–water partition coefficient (Wildman–Crippen LogP) is 1.58. The first-order valence-electron chi connectivity index (χ1n) is 7.31. The highest BCUT2D eigenvalue weighted by atomic mass is 32.2. The molecule has 21 heavy (non-hydrogen) atoms. The summed E-state index contributed by atoms with van der Waals surface area (Å²) in [7, 11) is -3.58. The first-order valence-corrected chi connectivity index (χ1v) is 8.75. The molecule has 0 amide bonds. The molecule has 1 N–H and O–H groups in total. The summed E-state index contributed by atoms with van der Waals surface area (Å²) in [5, 5.41) is 9.33. The summed E-state index contributed by atoms with van der Waals surface area (Å²) in [5.41, 5.74) is 1.14. The third-order valence-electron chi connectivity index (χ3n) is 4.05. The molecule has 1 saturated heterocycles. The zero-order valence-corrected chi connectivity index (χ0v) is 13.3. The van der Waals surface area contributed by atoms with E-state index in [2.05, 4.69) is 13.8 Å². The Balaban J connectivity index is 2.26. The van der Waals surface area contributed by atoms with Gasteiger partial charge in [0, 0.05) is 6.54 Å². The van der Waals surface area contributed by atoms with Gasteiger partial charge in [-0.1, -0.05) is 26.0 Å². The van der Waals surface area contributed by atoms with Crippen molar-refractivity contribution in [2.24, 2.45) is 0 Å². The molecule has 0 saturated carbocycles. The van der Waals surface area contributed by atoms with E-state index in [-0.39, 0.29) is 24.7 Å². The standard InChI is InChI=1S/C15H23NO4S/c1-3-12(2)13-4-6-15(7-5-13)21(18,19)16-8-9-20-11-14(16)10-17/h4-7,12,14,17H,3,8-11H2,1-2H3. The fourth-order valence-electron chi connectivity index (χ4n) is 2.44. The summed E-state index contributed by atoms with van der Waals surface area (Å²) in [6, 6.07) is 6.55. The number of sulfonamides is 1. The molecule has 0 spiro atoms. The van der Waals surface area contributed by atoms with E-state index in [0.29, 0.717) is 12.5 Å². The zero-order chi connectivity index (χ0) is 15.5. The maximum Gasteiger partial charge on any atom is 0.243 e. The Morgan fingerprint density at radius 2 is 2.05 bits per heavy atom. The molecule has 2 rings (SSSR count). The minimum Gasteiger partial charge on any atom is -0.395 e. The van der Waals surface area contributed by atoms with Gasteiger partial charge in [-0.3, -0.25) is 0 Å². The van der Waals surface area contributed by atoms with Crippen LogP contribution in [0.3, 0.4) is 0 Å². The molecule has 1 heterocycles. The smallest absolute Gasteiger partial charge is 0.243 e. The quantitative estimate of drug-likeness (QED) is 0.896. The Bertz CT molecular complexity index is 556. The Kier molecular flexibility index (Phi) is 5.37. The maximum atomic E-state index is 12.7. The Hall–Kier alpha value is -0.950. The predicted molar refractivity (Wildman–Crippen MR) is 80.7 cm³/mol. The van der Waals surface area contributed by atoms with Crippen LogP contribution in [0.5, 0.6) is 0 Å². The van der Waals surface area contributed by atoms with E-state index in [1.54, 1.807) is 12.1 Å². The molecule has 2 atom stereocenters. The number of aliphatic hydroxyl groups is 1. The van der Waals surface area contributed by atoms with Gasteiger partial charge in [-0.2, -0.15) is 4.31 Å². The van der Waals surface area contributed by atoms with Crippen LogP contribution in [0.15, 0.2) is 29.2 Å². The lowest BCUT2D eigenvalue weighted by molar-refractivity contribution is 0.0109.